The van der Waals surface area contributed by atoms with Crippen LogP contribution in [0.1, 0.15) is 11.5 Å². The van der Waals surface area contributed by atoms with Crippen molar-refractivity contribution in [1.29, 1.82) is 5.26 Å². The van der Waals surface area contributed by atoms with Crippen LogP contribution in [-0.2, 0) is 0 Å². The van der Waals surface area contributed by atoms with Crippen LogP contribution in [0.2, 0.25) is 0 Å². The molecule has 0 fully saturated rings. The molecule has 40 valence electrons. The maximum absolute atomic E-state index is 8.22. The molecule has 1 heterocycles. The lowest BCUT2D eigenvalue weighted by molar-refractivity contribution is 0.543. The third-order valence-electron chi connectivity index (χ3n) is 0.847. The lowest BCUT2D eigenvalue weighted by Gasteiger charge is -1.73. The first-order valence-corrected chi connectivity index (χ1v) is 2.15. The molecule has 0 aliphatic heterocycles. The molecule has 1 rings (SSSR count). The van der Waals surface area contributed by atoms with Crippen LogP contribution in [0, 0.1) is 18.3 Å². The summed E-state index contributed by atoms with van der Waals surface area (Å²) < 4.78 is 4.64. The molecule has 0 unspecified atom stereocenters. The maximum atomic E-state index is 8.22. The Morgan fingerprint density at radius 3 is 2.88 bits per heavy atom. The SMILES string of the molecule is Cc1ncoc1C#N. The number of nitrogens with zero attached hydrogens (tertiary/aromatic N) is 2. The summed E-state index contributed by atoms with van der Waals surface area (Å²) in [6.07, 6.45) is 1.26. The number of hydrogen-bond donors (Lipinski definition) is 0. The van der Waals surface area contributed by atoms with Crippen LogP contribution in [-0.4, -0.2) is 4.98 Å². The quantitative estimate of drug-likeness (QED) is 0.495. The van der Waals surface area contributed by atoms with Crippen molar-refractivity contribution in [3.05, 3.63) is 17.8 Å². The Balaban J connectivity index is 3.15. The van der Waals surface area contributed by atoms with E-state index in [1.165, 1.54) is 6.39 Å². The second kappa shape index (κ2) is 1.66. The van der Waals surface area contributed by atoms with Gasteiger partial charge in [0.25, 0.3) is 0 Å². The van der Waals surface area contributed by atoms with Gasteiger partial charge in [-0.25, -0.2) is 4.98 Å². The highest BCUT2D eigenvalue weighted by molar-refractivity contribution is 5.19. The Morgan fingerprint density at radius 2 is 2.62 bits per heavy atom. The molecule has 0 bridgehead atoms. The molecule has 1 aromatic heterocycles. The van der Waals surface area contributed by atoms with Gasteiger partial charge in [-0.1, -0.05) is 0 Å². The predicted molar refractivity (Wildman–Crippen MR) is 26.0 cm³/mol. The molecule has 0 saturated carbocycles. The summed E-state index contributed by atoms with van der Waals surface area (Å²) in [5.74, 6) is 0.296. The first-order chi connectivity index (χ1) is 3.84. The molecule has 0 amide bonds. The Kier molecular flexibility index (Phi) is 1.01. The average molecular weight is 108 g/mol. The third kappa shape index (κ3) is 0.562. The van der Waals surface area contributed by atoms with Crippen molar-refractivity contribution in [3.63, 3.8) is 0 Å². The van der Waals surface area contributed by atoms with Crippen LogP contribution >= 0.6 is 0 Å². The van der Waals surface area contributed by atoms with Crippen molar-refractivity contribution in [2.75, 3.05) is 0 Å². The maximum Gasteiger partial charge on any atom is 0.226 e. The minimum Gasteiger partial charge on any atom is -0.433 e. The second-order valence-corrected chi connectivity index (χ2v) is 1.38. The number of aromatic nitrogens is 1. The molecule has 8 heavy (non-hydrogen) atoms. The molecule has 0 radical (unpaired) electrons. The van der Waals surface area contributed by atoms with Crippen molar-refractivity contribution in [1.82, 2.24) is 4.98 Å². The van der Waals surface area contributed by atoms with Crippen LogP contribution in [0.5, 0.6) is 0 Å². The molecule has 0 aliphatic rings. The van der Waals surface area contributed by atoms with Gasteiger partial charge in [0, 0.05) is 0 Å². The summed E-state index contributed by atoms with van der Waals surface area (Å²) >= 11 is 0. The van der Waals surface area contributed by atoms with E-state index >= 15 is 0 Å². The summed E-state index contributed by atoms with van der Waals surface area (Å²) in [6.45, 7) is 1.72. The van der Waals surface area contributed by atoms with Gasteiger partial charge in [-0.3, -0.25) is 0 Å². The fourth-order valence-electron chi connectivity index (χ4n) is 0.409. The molecule has 0 saturated heterocycles. The molecular weight excluding hydrogens is 104 g/mol. The Morgan fingerprint density at radius 1 is 1.88 bits per heavy atom. The molecule has 3 nitrogen and oxygen atoms in total. The lowest BCUT2D eigenvalue weighted by atomic mass is 10.4. The van der Waals surface area contributed by atoms with Crippen molar-refractivity contribution in [2.24, 2.45) is 0 Å². The van der Waals surface area contributed by atoms with E-state index < -0.39 is 0 Å². The monoisotopic (exact) mass is 108 g/mol. The van der Waals surface area contributed by atoms with Crippen molar-refractivity contribution in [2.45, 2.75) is 6.92 Å². The van der Waals surface area contributed by atoms with Crippen molar-refractivity contribution in [3.8, 4) is 6.07 Å². The summed E-state index contributed by atoms with van der Waals surface area (Å²) in [4.78, 5) is 3.70. The van der Waals surface area contributed by atoms with Crippen LogP contribution in [0.3, 0.4) is 0 Å². The van der Waals surface area contributed by atoms with Gasteiger partial charge >= 0.3 is 0 Å². The van der Waals surface area contributed by atoms with Gasteiger partial charge < -0.3 is 4.42 Å². The zero-order chi connectivity index (χ0) is 5.98. The fraction of sp³-hybridized carbons (Fsp3) is 0.200. The molecule has 1 aromatic rings. The highest BCUT2D eigenvalue weighted by atomic mass is 16.3. The lowest BCUT2D eigenvalue weighted by Crippen LogP contribution is -1.71. The topological polar surface area (TPSA) is 49.8 Å². The highest BCUT2D eigenvalue weighted by Gasteiger charge is 1.97. The van der Waals surface area contributed by atoms with Crippen molar-refractivity contribution >= 4 is 0 Å². The number of aryl methyl sites for hydroxylation is 1. The minimum atomic E-state index is 0.296. The number of hydrogen-bond acceptors (Lipinski definition) is 3. The number of rotatable bonds is 0. The summed E-state index contributed by atoms with van der Waals surface area (Å²) in [5, 5.41) is 8.22. The van der Waals surface area contributed by atoms with E-state index in [1.807, 2.05) is 6.07 Å². The van der Waals surface area contributed by atoms with E-state index in [-0.39, 0.29) is 0 Å². The van der Waals surface area contributed by atoms with Crippen LogP contribution in [0.25, 0.3) is 0 Å². The molecular formula is C5H4N2O. The summed E-state index contributed by atoms with van der Waals surface area (Å²) in [5.41, 5.74) is 0.646. The molecule has 0 aromatic carbocycles. The van der Waals surface area contributed by atoms with Gasteiger partial charge in [-0.15, -0.1) is 0 Å². The Hall–Kier alpha value is -1.30. The van der Waals surface area contributed by atoms with Crippen LogP contribution < -0.4 is 0 Å². The standard InChI is InChI=1S/C5H4N2O/c1-4-5(2-6)8-3-7-4/h3H,1H3. The van der Waals surface area contributed by atoms with Crippen LogP contribution in [0.4, 0.5) is 0 Å². The number of oxazole rings is 1. The molecule has 0 aliphatic carbocycles. The summed E-state index contributed by atoms with van der Waals surface area (Å²) in [7, 11) is 0. The molecule has 3 heteroatoms. The first kappa shape index (κ1) is 4.85. The predicted octanol–water partition coefficient (Wildman–Crippen LogP) is 0.855. The van der Waals surface area contributed by atoms with Gasteiger partial charge in [0.1, 0.15) is 6.07 Å². The van der Waals surface area contributed by atoms with E-state index in [1.54, 1.807) is 6.92 Å². The van der Waals surface area contributed by atoms with E-state index in [9.17, 15) is 0 Å². The third-order valence-corrected chi connectivity index (χ3v) is 0.847. The molecule has 0 N–H and O–H groups in total. The van der Waals surface area contributed by atoms with E-state index in [4.69, 9.17) is 5.26 Å². The van der Waals surface area contributed by atoms with E-state index in [0.717, 1.165) is 0 Å². The van der Waals surface area contributed by atoms with Gasteiger partial charge in [0.05, 0.1) is 5.69 Å². The largest absolute Gasteiger partial charge is 0.433 e. The second-order valence-electron chi connectivity index (χ2n) is 1.38. The van der Waals surface area contributed by atoms with Crippen molar-refractivity contribution < 1.29 is 4.42 Å². The van der Waals surface area contributed by atoms with Gasteiger partial charge in [-0.05, 0) is 6.92 Å². The molecule has 0 spiro atoms. The van der Waals surface area contributed by atoms with E-state index in [2.05, 4.69) is 9.40 Å². The zero-order valence-electron chi connectivity index (χ0n) is 4.38. The van der Waals surface area contributed by atoms with Crippen LogP contribution in [0.15, 0.2) is 10.8 Å². The zero-order valence-corrected chi connectivity index (χ0v) is 4.38. The smallest absolute Gasteiger partial charge is 0.226 e. The van der Waals surface area contributed by atoms with Gasteiger partial charge in [-0.2, -0.15) is 5.26 Å². The van der Waals surface area contributed by atoms with Gasteiger partial charge in [0.15, 0.2) is 6.39 Å². The Bertz CT molecular complexity index is 221. The minimum absolute atomic E-state index is 0.296. The molecule has 0 atom stereocenters. The normalized spacial score (nSPS) is 8.50. The number of nitriles is 1. The first-order valence-electron chi connectivity index (χ1n) is 2.15. The Labute approximate surface area is 46.6 Å². The average Bonchev–Trinajstić information content (AvgIpc) is 2.14. The summed E-state index contributed by atoms with van der Waals surface area (Å²) in [6, 6.07) is 1.85. The van der Waals surface area contributed by atoms with E-state index in [0.29, 0.717) is 11.5 Å². The fourth-order valence-corrected chi connectivity index (χ4v) is 0.409. The van der Waals surface area contributed by atoms with Gasteiger partial charge in [0.2, 0.25) is 5.76 Å². The highest BCUT2D eigenvalue weighted by Crippen LogP contribution is 2.00.